The number of benzene rings is 1. The molecule has 142 valence electrons. The van der Waals surface area contributed by atoms with E-state index in [1.165, 1.54) is 50.5 Å². The van der Waals surface area contributed by atoms with Gasteiger partial charge >= 0.3 is 0 Å². The van der Waals surface area contributed by atoms with Crippen LogP contribution in [0.4, 0.5) is 11.5 Å². The Hall–Kier alpha value is -2.14. The highest BCUT2D eigenvalue weighted by molar-refractivity contribution is 6.28. The van der Waals surface area contributed by atoms with Gasteiger partial charge in [-0.2, -0.15) is 9.97 Å². The van der Waals surface area contributed by atoms with Crippen LogP contribution in [0.1, 0.15) is 63.5 Å². The standard InChI is InChI=1S/C21H26ClN5/c1-2-3-4-9-15-10-5-8-13-17(15)24-19-18-20(26-21(22)25-19)27(14-23-18)16-11-6-7-12-16/h5,8,10,13-14,16H,2-4,6-7,9,11-12H2,1H3,(H,24,25,26). The van der Waals surface area contributed by atoms with E-state index in [4.69, 9.17) is 11.6 Å². The largest absolute Gasteiger partial charge is 0.338 e. The summed E-state index contributed by atoms with van der Waals surface area (Å²) in [5.41, 5.74) is 3.98. The number of unbranched alkanes of at least 4 members (excludes halogenated alkanes) is 2. The van der Waals surface area contributed by atoms with Crippen molar-refractivity contribution in [3.8, 4) is 0 Å². The maximum Gasteiger partial charge on any atom is 0.226 e. The summed E-state index contributed by atoms with van der Waals surface area (Å²) < 4.78 is 2.17. The Morgan fingerprint density at radius 2 is 1.96 bits per heavy atom. The second-order valence-corrected chi connectivity index (χ2v) is 7.68. The lowest BCUT2D eigenvalue weighted by Crippen LogP contribution is -2.05. The van der Waals surface area contributed by atoms with Crippen molar-refractivity contribution in [1.29, 1.82) is 0 Å². The van der Waals surface area contributed by atoms with Gasteiger partial charge in [-0.05, 0) is 48.9 Å². The molecule has 2 aromatic heterocycles. The fraction of sp³-hybridized carbons (Fsp3) is 0.476. The summed E-state index contributed by atoms with van der Waals surface area (Å²) in [5, 5.41) is 3.73. The van der Waals surface area contributed by atoms with Crippen molar-refractivity contribution in [3.05, 3.63) is 41.4 Å². The summed E-state index contributed by atoms with van der Waals surface area (Å²) in [5.74, 6) is 0.685. The molecule has 27 heavy (non-hydrogen) atoms. The molecular weight excluding hydrogens is 358 g/mol. The van der Waals surface area contributed by atoms with Gasteiger partial charge in [-0.25, -0.2) is 4.98 Å². The Kier molecular flexibility index (Phi) is 5.58. The fourth-order valence-electron chi connectivity index (χ4n) is 3.98. The van der Waals surface area contributed by atoms with Crippen LogP contribution < -0.4 is 5.32 Å². The van der Waals surface area contributed by atoms with E-state index in [-0.39, 0.29) is 5.28 Å². The van der Waals surface area contributed by atoms with Crippen LogP contribution in [0, 0.1) is 0 Å². The molecule has 5 nitrogen and oxygen atoms in total. The van der Waals surface area contributed by atoms with Crippen molar-refractivity contribution in [2.75, 3.05) is 5.32 Å². The summed E-state index contributed by atoms with van der Waals surface area (Å²) in [6.07, 6.45) is 11.5. The number of aryl methyl sites for hydroxylation is 1. The predicted molar refractivity (Wildman–Crippen MR) is 111 cm³/mol. The van der Waals surface area contributed by atoms with Gasteiger partial charge < -0.3 is 9.88 Å². The molecule has 6 heteroatoms. The summed E-state index contributed by atoms with van der Waals surface area (Å²) in [6.45, 7) is 2.23. The third-order valence-electron chi connectivity index (χ3n) is 5.43. The average molecular weight is 384 g/mol. The smallest absolute Gasteiger partial charge is 0.226 e. The Labute approximate surface area is 165 Å². The van der Waals surface area contributed by atoms with Gasteiger partial charge in [0.2, 0.25) is 5.28 Å². The molecule has 1 aliphatic rings. The van der Waals surface area contributed by atoms with Crippen LogP contribution in [0.3, 0.4) is 0 Å². The molecule has 0 aliphatic heterocycles. The first-order valence-electron chi connectivity index (χ1n) is 10.0. The van der Waals surface area contributed by atoms with Crippen LogP contribution in [0.25, 0.3) is 11.2 Å². The second kappa shape index (κ2) is 8.26. The first kappa shape index (κ1) is 18.2. The Morgan fingerprint density at radius 1 is 1.15 bits per heavy atom. The van der Waals surface area contributed by atoms with E-state index in [2.05, 4.69) is 50.0 Å². The third kappa shape index (κ3) is 3.93. The quantitative estimate of drug-likeness (QED) is 0.397. The van der Waals surface area contributed by atoms with Crippen LogP contribution in [0.15, 0.2) is 30.6 Å². The van der Waals surface area contributed by atoms with Crippen molar-refractivity contribution >= 4 is 34.3 Å². The van der Waals surface area contributed by atoms with Gasteiger partial charge in [0.25, 0.3) is 0 Å². The van der Waals surface area contributed by atoms with Crippen molar-refractivity contribution in [3.63, 3.8) is 0 Å². The number of para-hydroxylation sites is 1. The maximum atomic E-state index is 6.26. The number of nitrogens with one attached hydrogen (secondary N) is 1. The zero-order valence-corrected chi connectivity index (χ0v) is 16.5. The van der Waals surface area contributed by atoms with Crippen LogP contribution in [0.5, 0.6) is 0 Å². The first-order chi connectivity index (χ1) is 13.3. The molecule has 4 rings (SSSR count). The minimum Gasteiger partial charge on any atom is -0.338 e. The topological polar surface area (TPSA) is 55.6 Å². The lowest BCUT2D eigenvalue weighted by Gasteiger charge is -2.13. The first-order valence-corrected chi connectivity index (χ1v) is 10.4. The molecule has 0 saturated heterocycles. The van der Waals surface area contributed by atoms with E-state index in [0.717, 1.165) is 23.3 Å². The van der Waals surface area contributed by atoms with Crippen LogP contribution in [-0.2, 0) is 6.42 Å². The normalized spacial score (nSPS) is 14.9. The Morgan fingerprint density at radius 3 is 2.78 bits per heavy atom. The lowest BCUT2D eigenvalue weighted by atomic mass is 10.1. The summed E-state index contributed by atoms with van der Waals surface area (Å²) in [6, 6.07) is 8.87. The monoisotopic (exact) mass is 383 g/mol. The highest BCUT2D eigenvalue weighted by Gasteiger charge is 2.21. The van der Waals surface area contributed by atoms with Crippen LogP contribution >= 0.6 is 11.6 Å². The zero-order valence-electron chi connectivity index (χ0n) is 15.8. The molecule has 0 bridgehead atoms. The van der Waals surface area contributed by atoms with Crippen molar-refractivity contribution < 1.29 is 0 Å². The number of aromatic nitrogens is 4. The summed E-state index contributed by atoms with van der Waals surface area (Å²) >= 11 is 6.26. The summed E-state index contributed by atoms with van der Waals surface area (Å²) in [4.78, 5) is 13.5. The fourth-order valence-corrected chi connectivity index (χ4v) is 4.14. The number of anilines is 2. The molecule has 3 aromatic rings. The van der Waals surface area contributed by atoms with E-state index >= 15 is 0 Å². The average Bonchev–Trinajstić information content (AvgIpc) is 3.32. The minimum atomic E-state index is 0.258. The zero-order chi connectivity index (χ0) is 18.6. The van der Waals surface area contributed by atoms with E-state index in [0.29, 0.717) is 11.9 Å². The summed E-state index contributed by atoms with van der Waals surface area (Å²) in [7, 11) is 0. The molecular formula is C21H26ClN5. The minimum absolute atomic E-state index is 0.258. The number of fused-ring (bicyclic) bond motifs is 1. The van der Waals surface area contributed by atoms with Gasteiger partial charge in [-0.1, -0.05) is 50.8 Å². The van der Waals surface area contributed by atoms with Crippen molar-refractivity contribution in [2.45, 2.75) is 64.3 Å². The van der Waals surface area contributed by atoms with E-state index in [9.17, 15) is 0 Å². The number of hydrogen-bond donors (Lipinski definition) is 1. The molecule has 1 aliphatic carbocycles. The SMILES string of the molecule is CCCCCc1ccccc1Nc1nc(Cl)nc2c1ncn2C1CCCC1. The van der Waals surface area contributed by atoms with E-state index < -0.39 is 0 Å². The number of imidazole rings is 1. The predicted octanol–water partition coefficient (Wildman–Crippen LogP) is 6.07. The number of hydrogen-bond acceptors (Lipinski definition) is 4. The molecule has 1 N–H and O–H groups in total. The van der Waals surface area contributed by atoms with Gasteiger partial charge in [0.15, 0.2) is 17.0 Å². The van der Waals surface area contributed by atoms with Crippen molar-refractivity contribution in [1.82, 2.24) is 19.5 Å². The van der Waals surface area contributed by atoms with Gasteiger partial charge in [0.05, 0.1) is 6.33 Å². The van der Waals surface area contributed by atoms with Crippen molar-refractivity contribution in [2.24, 2.45) is 0 Å². The highest BCUT2D eigenvalue weighted by Crippen LogP contribution is 2.34. The molecule has 1 fully saturated rings. The highest BCUT2D eigenvalue weighted by atomic mass is 35.5. The molecule has 0 atom stereocenters. The second-order valence-electron chi connectivity index (χ2n) is 7.34. The Bertz CT molecular complexity index is 914. The number of rotatable bonds is 7. The van der Waals surface area contributed by atoms with E-state index in [1.54, 1.807) is 0 Å². The third-order valence-corrected chi connectivity index (χ3v) is 5.60. The van der Waals surface area contributed by atoms with Crippen LogP contribution in [0.2, 0.25) is 5.28 Å². The number of nitrogens with zero attached hydrogens (tertiary/aromatic N) is 4. The van der Waals surface area contributed by atoms with Gasteiger partial charge in [0.1, 0.15) is 0 Å². The van der Waals surface area contributed by atoms with Crippen LogP contribution in [-0.4, -0.2) is 19.5 Å². The van der Waals surface area contributed by atoms with Gasteiger partial charge in [-0.3, -0.25) is 0 Å². The molecule has 0 amide bonds. The van der Waals surface area contributed by atoms with Gasteiger partial charge in [0, 0.05) is 11.7 Å². The Balaban J connectivity index is 1.66. The number of halogens is 1. The van der Waals surface area contributed by atoms with E-state index in [1.807, 2.05) is 12.4 Å². The molecule has 2 heterocycles. The maximum absolute atomic E-state index is 6.26. The molecule has 1 aromatic carbocycles. The molecule has 1 saturated carbocycles. The lowest BCUT2D eigenvalue weighted by molar-refractivity contribution is 0.529. The molecule has 0 spiro atoms. The molecule has 0 radical (unpaired) electrons. The molecule has 0 unspecified atom stereocenters. The van der Waals surface area contributed by atoms with Gasteiger partial charge in [-0.15, -0.1) is 0 Å².